The standard InChI is InChI=1S/C9H17N3O/c1-9(7-2-3-7)6-11-4-5-12(9)8(10)13/h7,11H,2-6H2,1H3,(H2,10,13). The molecule has 4 nitrogen and oxygen atoms in total. The molecule has 1 saturated heterocycles. The Labute approximate surface area is 78.5 Å². The van der Waals surface area contributed by atoms with Crippen LogP contribution in [0.1, 0.15) is 19.8 Å². The molecule has 0 aromatic carbocycles. The van der Waals surface area contributed by atoms with Crippen LogP contribution in [-0.2, 0) is 0 Å². The molecule has 2 aliphatic rings. The molecular formula is C9H17N3O. The molecule has 1 atom stereocenters. The number of urea groups is 1. The molecule has 74 valence electrons. The van der Waals surface area contributed by atoms with Gasteiger partial charge < -0.3 is 16.0 Å². The van der Waals surface area contributed by atoms with Gasteiger partial charge in [-0.25, -0.2) is 4.79 Å². The van der Waals surface area contributed by atoms with E-state index in [1.54, 1.807) is 0 Å². The summed E-state index contributed by atoms with van der Waals surface area (Å²) >= 11 is 0. The molecule has 1 aliphatic carbocycles. The van der Waals surface area contributed by atoms with Crippen molar-refractivity contribution in [1.82, 2.24) is 10.2 Å². The average molecular weight is 183 g/mol. The van der Waals surface area contributed by atoms with E-state index < -0.39 is 0 Å². The van der Waals surface area contributed by atoms with Crippen molar-refractivity contribution in [3.05, 3.63) is 0 Å². The molecule has 0 radical (unpaired) electrons. The van der Waals surface area contributed by atoms with E-state index in [0.717, 1.165) is 19.6 Å². The zero-order valence-electron chi connectivity index (χ0n) is 8.05. The van der Waals surface area contributed by atoms with Gasteiger partial charge in [-0.2, -0.15) is 0 Å². The summed E-state index contributed by atoms with van der Waals surface area (Å²) in [6.07, 6.45) is 2.48. The molecule has 2 fully saturated rings. The molecule has 1 saturated carbocycles. The van der Waals surface area contributed by atoms with Crippen LogP contribution in [0.5, 0.6) is 0 Å². The van der Waals surface area contributed by atoms with Crippen LogP contribution in [0.2, 0.25) is 0 Å². The fourth-order valence-corrected chi connectivity index (χ4v) is 2.32. The Morgan fingerprint density at radius 2 is 2.31 bits per heavy atom. The Morgan fingerprint density at radius 3 is 2.85 bits per heavy atom. The Hall–Kier alpha value is -0.770. The third-order valence-electron chi connectivity index (χ3n) is 3.33. The van der Waals surface area contributed by atoms with E-state index in [1.807, 2.05) is 4.90 Å². The summed E-state index contributed by atoms with van der Waals surface area (Å²) in [4.78, 5) is 13.1. The van der Waals surface area contributed by atoms with Gasteiger partial charge in [0.2, 0.25) is 0 Å². The summed E-state index contributed by atoms with van der Waals surface area (Å²) in [7, 11) is 0. The van der Waals surface area contributed by atoms with Gasteiger partial charge in [-0.3, -0.25) is 0 Å². The molecule has 0 aromatic rings. The second-order valence-electron chi connectivity index (χ2n) is 4.30. The Balaban J connectivity index is 2.15. The van der Waals surface area contributed by atoms with E-state index in [0.29, 0.717) is 5.92 Å². The first kappa shape index (κ1) is 8.81. The first-order valence-electron chi connectivity index (χ1n) is 4.92. The van der Waals surface area contributed by atoms with E-state index in [2.05, 4.69) is 12.2 Å². The Bertz CT molecular complexity index is 227. The summed E-state index contributed by atoms with van der Waals surface area (Å²) in [5.41, 5.74) is 5.34. The predicted octanol–water partition coefficient (Wildman–Crippen LogP) is 0.139. The number of piperazine rings is 1. The summed E-state index contributed by atoms with van der Waals surface area (Å²) in [6.45, 7) is 4.65. The van der Waals surface area contributed by atoms with E-state index in [4.69, 9.17) is 5.73 Å². The van der Waals surface area contributed by atoms with Crippen molar-refractivity contribution in [3.63, 3.8) is 0 Å². The molecular weight excluding hydrogens is 166 g/mol. The third-order valence-corrected chi connectivity index (χ3v) is 3.33. The minimum Gasteiger partial charge on any atom is -0.351 e. The lowest BCUT2D eigenvalue weighted by Crippen LogP contribution is -2.63. The van der Waals surface area contributed by atoms with E-state index >= 15 is 0 Å². The smallest absolute Gasteiger partial charge is 0.315 e. The maximum atomic E-state index is 11.2. The summed E-state index contributed by atoms with van der Waals surface area (Å²) < 4.78 is 0. The summed E-state index contributed by atoms with van der Waals surface area (Å²) in [6, 6.07) is -0.268. The second-order valence-corrected chi connectivity index (χ2v) is 4.30. The van der Waals surface area contributed by atoms with Crippen molar-refractivity contribution in [2.45, 2.75) is 25.3 Å². The average Bonchev–Trinajstić information content (AvgIpc) is 2.86. The number of primary amides is 1. The van der Waals surface area contributed by atoms with Gasteiger partial charge >= 0.3 is 6.03 Å². The monoisotopic (exact) mass is 183 g/mol. The fraction of sp³-hybridized carbons (Fsp3) is 0.889. The van der Waals surface area contributed by atoms with Crippen LogP contribution in [0, 0.1) is 5.92 Å². The predicted molar refractivity (Wildman–Crippen MR) is 50.3 cm³/mol. The summed E-state index contributed by atoms with van der Waals surface area (Å²) in [5, 5.41) is 3.33. The largest absolute Gasteiger partial charge is 0.351 e. The maximum Gasteiger partial charge on any atom is 0.315 e. The third kappa shape index (κ3) is 1.39. The van der Waals surface area contributed by atoms with Crippen molar-refractivity contribution in [2.24, 2.45) is 11.7 Å². The molecule has 0 bridgehead atoms. The van der Waals surface area contributed by atoms with Gasteiger partial charge in [-0.15, -0.1) is 0 Å². The van der Waals surface area contributed by atoms with Crippen molar-refractivity contribution in [3.8, 4) is 0 Å². The molecule has 1 heterocycles. The minimum absolute atomic E-state index is 0.0237. The van der Waals surface area contributed by atoms with Crippen LogP contribution >= 0.6 is 0 Å². The number of nitrogens with two attached hydrogens (primary N) is 1. The zero-order chi connectivity index (χ0) is 9.47. The highest BCUT2D eigenvalue weighted by Crippen LogP contribution is 2.43. The van der Waals surface area contributed by atoms with Crippen molar-refractivity contribution >= 4 is 6.03 Å². The number of hydrogen-bond donors (Lipinski definition) is 2. The first-order valence-corrected chi connectivity index (χ1v) is 4.92. The normalized spacial score (nSPS) is 34.7. The molecule has 1 unspecified atom stereocenters. The molecule has 2 rings (SSSR count). The number of nitrogens with zero attached hydrogens (tertiary/aromatic N) is 1. The van der Waals surface area contributed by atoms with E-state index in [-0.39, 0.29) is 11.6 Å². The molecule has 2 amide bonds. The minimum atomic E-state index is -0.268. The summed E-state index contributed by atoms with van der Waals surface area (Å²) in [5.74, 6) is 0.660. The first-order chi connectivity index (χ1) is 6.14. The van der Waals surface area contributed by atoms with Gasteiger partial charge in [0.05, 0.1) is 5.54 Å². The molecule has 0 aromatic heterocycles. The Kier molecular flexibility index (Phi) is 1.95. The van der Waals surface area contributed by atoms with Crippen molar-refractivity contribution in [1.29, 1.82) is 0 Å². The van der Waals surface area contributed by atoms with E-state index in [9.17, 15) is 4.79 Å². The lowest BCUT2D eigenvalue weighted by Gasteiger charge is -2.44. The molecule has 1 aliphatic heterocycles. The molecule has 0 spiro atoms. The highest BCUT2D eigenvalue weighted by Gasteiger charge is 2.48. The van der Waals surface area contributed by atoms with Gasteiger partial charge in [-0.1, -0.05) is 0 Å². The van der Waals surface area contributed by atoms with Gasteiger partial charge in [0.1, 0.15) is 0 Å². The zero-order valence-corrected chi connectivity index (χ0v) is 8.05. The van der Waals surface area contributed by atoms with Crippen LogP contribution in [-0.4, -0.2) is 36.1 Å². The number of nitrogens with one attached hydrogen (secondary N) is 1. The van der Waals surface area contributed by atoms with Crippen LogP contribution in [0.4, 0.5) is 4.79 Å². The lowest BCUT2D eigenvalue weighted by molar-refractivity contribution is 0.0895. The number of carbonyl (C=O) groups excluding carboxylic acids is 1. The SMILES string of the molecule is CC1(C2CC2)CNCCN1C(N)=O. The highest BCUT2D eigenvalue weighted by molar-refractivity contribution is 5.73. The lowest BCUT2D eigenvalue weighted by atomic mass is 9.91. The molecule has 13 heavy (non-hydrogen) atoms. The van der Waals surface area contributed by atoms with Gasteiger partial charge in [-0.05, 0) is 25.7 Å². The van der Waals surface area contributed by atoms with Crippen LogP contribution in [0.25, 0.3) is 0 Å². The molecule has 4 heteroatoms. The van der Waals surface area contributed by atoms with Crippen LogP contribution < -0.4 is 11.1 Å². The number of carbonyl (C=O) groups is 1. The number of hydrogen-bond acceptors (Lipinski definition) is 2. The van der Waals surface area contributed by atoms with Gasteiger partial charge in [0.15, 0.2) is 0 Å². The highest BCUT2D eigenvalue weighted by atomic mass is 16.2. The quantitative estimate of drug-likeness (QED) is 0.607. The fourth-order valence-electron chi connectivity index (χ4n) is 2.32. The molecule has 3 N–H and O–H groups in total. The number of rotatable bonds is 1. The Morgan fingerprint density at radius 1 is 1.62 bits per heavy atom. The van der Waals surface area contributed by atoms with Gasteiger partial charge in [0.25, 0.3) is 0 Å². The topological polar surface area (TPSA) is 58.4 Å². The number of amides is 2. The second kappa shape index (κ2) is 2.87. The van der Waals surface area contributed by atoms with Crippen LogP contribution in [0.15, 0.2) is 0 Å². The van der Waals surface area contributed by atoms with E-state index in [1.165, 1.54) is 12.8 Å². The van der Waals surface area contributed by atoms with Crippen molar-refractivity contribution < 1.29 is 4.79 Å². The maximum absolute atomic E-state index is 11.2. The van der Waals surface area contributed by atoms with Gasteiger partial charge in [0, 0.05) is 19.6 Å². The van der Waals surface area contributed by atoms with Crippen molar-refractivity contribution in [2.75, 3.05) is 19.6 Å². The van der Waals surface area contributed by atoms with Crippen LogP contribution in [0.3, 0.4) is 0 Å².